The summed E-state index contributed by atoms with van der Waals surface area (Å²) in [6.45, 7) is 0. The fourth-order valence-electron chi connectivity index (χ4n) is 2.40. The Morgan fingerprint density at radius 2 is 1.88 bits per heavy atom. The zero-order valence-corrected chi connectivity index (χ0v) is 15.1. The van der Waals surface area contributed by atoms with Crippen molar-refractivity contribution in [1.29, 1.82) is 0 Å². The molecule has 0 atom stereocenters. The van der Waals surface area contributed by atoms with Gasteiger partial charge in [-0.15, -0.1) is 10.2 Å². The van der Waals surface area contributed by atoms with Crippen molar-refractivity contribution in [3.05, 3.63) is 40.0 Å². The van der Waals surface area contributed by atoms with E-state index in [0.29, 0.717) is 21.5 Å². The van der Waals surface area contributed by atoms with Crippen molar-refractivity contribution >= 4 is 39.5 Å². The maximum Gasteiger partial charge on any atom is 0.416 e. The average molecular weight is 419 g/mol. The first-order valence-corrected chi connectivity index (χ1v) is 8.60. The number of nitrogens with zero attached hydrogens (tertiary/aromatic N) is 6. The summed E-state index contributed by atoms with van der Waals surface area (Å²) < 4.78 is 41.9. The molecule has 0 saturated carbocycles. The van der Waals surface area contributed by atoms with Crippen molar-refractivity contribution in [2.75, 3.05) is 0 Å². The molecule has 0 unspecified atom stereocenters. The highest BCUT2D eigenvalue weighted by atomic mass is 35.5. The Kier molecular flexibility index (Phi) is 3.94. The summed E-state index contributed by atoms with van der Waals surface area (Å²) in [7, 11) is 1.68. The number of halogens is 5. The van der Waals surface area contributed by atoms with Crippen LogP contribution in [0.25, 0.3) is 27.1 Å². The van der Waals surface area contributed by atoms with Gasteiger partial charge in [0, 0.05) is 12.6 Å². The molecule has 3 heterocycles. The Bertz CT molecular complexity index is 1110. The van der Waals surface area contributed by atoms with Crippen molar-refractivity contribution in [2.24, 2.45) is 7.05 Å². The van der Waals surface area contributed by atoms with Gasteiger partial charge in [0.25, 0.3) is 0 Å². The molecular formula is C14H7Cl2F3N6S. The minimum absolute atomic E-state index is 0.156. The molecule has 134 valence electrons. The third kappa shape index (κ3) is 2.74. The lowest BCUT2D eigenvalue weighted by molar-refractivity contribution is -0.137. The normalized spacial score (nSPS) is 12.2. The van der Waals surface area contributed by atoms with Gasteiger partial charge in [-0.3, -0.25) is 4.68 Å². The fourth-order valence-corrected chi connectivity index (χ4v) is 3.78. The van der Waals surface area contributed by atoms with Gasteiger partial charge in [-0.2, -0.15) is 27.9 Å². The predicted octanol–water partition coefficient (Wildman–Crippen LogP) is 4.58. The molecule has 0 aliphatic carbocycles. The first-order chi connectivity index (χ1) is 12.3. The number of hydrogen-bond acceptors (Lipinski definition) is 5. The van der Waals surface area contributed by atoms with Crippen LogP contribution >= 0.6 is 34.5 Å². The number of benzene rings is 1. The molecule has 0 amide bonds. The number of alkyl halides is 3. The van der Waals surface area contributed by atoms with E-state index in [1.165, 1.54) is 21.5 Å². The van der Waals surface area contributed by atoms with E-state index in [0.717, 1.165) is 23.5 Å². The highest BCUT2D eigenvalue weighted by Crippen LogP contribution is 2.38. The Balaban J connectivity index is 1.88. The first-order valence-electron chi connectivity index (χ1n) is 7.03. The van der Waals surface area contributed by atoms with Gasteiger partial charge in [0.2, 0.25) is 10.8 Å². The lowest BCUT2D eigenvalue weighted by atomic mass is 10.1. The van der Waals surface area contributed by atoms with Crippen LogP contribution in [0, 0.1) is 0 Å². The molecule has 4 rings (SSSR count). The van der Waals surface area contributed by atoms with E-state index in [-0.39, 0.29) is 15.6 Å². The Morgan fingerprint density at radius 1 is 1.12 bits per heavy atom. The van der Waals surface area contributed by atoms with E-state index in [4.69, 9.17) is 23.2 Å². The van der Waals surface area contributed by atoms with Gasteiger partial charge in [-0.1, -0.05) is 34.5 Å². The third-order valence-electron chi connectivity index (χ3n) is 3.62. The molecule has 0 N–H and O–H groups in total. The van der Waals surface area contributed by atoms with Crippen molar-refractivity contribution in [3.8, 4) is 22.1 Å². The van der Waals surface area contributed by atoms with Gasteiger partial charge >= 0.3 is 6.18 Å². The van der Waals surface area contributed by atoms with E-state index in [1.807, 2.05) is 0 Å². The van der Waals surface area contributed by atoms with Crippen LogP contribution in [0.1, 0.15) is 5.56 Å². The minimum atomic E-state index is -4.48. The summed E-state index contributed by atoms with van der Waals surface area (Å²) in [4.78, 5) is 0.390. The van der Waals surface area contributed by atoms with Crippen molar-refractivity contribution in [1.82, 2.24) is 29.6 Å². The van der Waals surface area contributed by atoms with E-state index < -0.39 is 11.7 Å². The van der Waals surface area contributed by atoms with Gasteiger partial charge in [-0.05, 0) is 18.2 Å². The zero-order valence-electron chi connectivity index (χ0n) is 12.8. The zero-order chi connectivity index (χ0) is 18.6. The molecule has 6 nitrogen and oxygen atoms in total. The van der Waals surface area contributed by atoms with Crippen molar-refractivity contribution in [2.45, 2.75) is 6.18 Å². The molecule has 0 spiro atoms. The standard InChI is InChI=1S/C14H7Cl2F3N6S/c1-24-10(9(16)5-20-24)11-21-22-13-25(11)23-12(26-13)7-4-6(14(17,18)19)2-3-8(7)15/h2-5H,1H3. The average Bonchev–Trinajstić information content (AvgIpc) is 3.22. The number of fused-ring (bicyclic) bond motifs is 1. The molecular weight excluding hydrogens is 412 g/mol. The molecule has 4 aromatic rings. The second-order valence-electron chi connectivity index (χ2n) is 5.28. The summed E-state index contributed by atoms with van der Waals surface area (Å²) in [5, 5.41) is 17.2. The smallest absolute Gasteiger partial charge is 0.263 e. The molecule has 0 saturated heterocycles. The highest BCUT2D eigenvalue weighted by molar-refractivity contribution is 7.19. The van der Waals surface area contributed by atoms with E-state index in [2.05, 4.69) is 20.4 Å². The van der Waals surface area contributed by atoms with Gasteiger partial charge in [-0.25, -0.2) is 0 Å². The van der Waals surface area contributed by atoms with Gasteiger partial charge in [0.05, 0.1) is 21.8 Å². The SMILES string of the molecule is Cn1ncc(Cl)c1-c1nnc2sc(-c3cc(C(F)(F)F)ccc3Cl)nn12. The maximum atomic E-state index is 13.0. The van der Waals surface area contributed by atoms with Gasteiger partial charge in [0.1, 0.15) is 10.7 Å². The van der Waals surface area contributed by atoms with Crippen LogP contribution in [0.5, 0.6) is 0 Å². The van der Waals surface area contributed by atoms with E-state index in [9.17, 15) is 13.2 Å². The predicted molar refractivity (Wildman–Crippen MR) is 91.3 cm³/mol. The highest BCUT2D eigenvalue weighted by Gasteiger charge is 2.31. The second-order valence-corrected chi connectivity index (χ2v) is 7.05. The van der Waals surface area contributed by atoms with E-state index in [1.54, 1.807) is 7.05 Å². The molecule has 0 aliphatic heterocycles. The quantitative estimate of drug-likeness (QED) is 0.477. The summed E-state index contributed by atoms with van der Waals surface area (Å²) in [6.07, 6.45) is -3.03. The summed E-state index contributed by atoms with van der Waals surface area (Å²) in [5.74, 6) is 0.329. The van der Waals surface area contributed by atoms with Gasteiger partial charge in [0.15, 0.2) is 0 Å². The molecule has 3 aromatic heterocycles. The molecule has 0 fully saturated rings. The topological polar surface area (TPSA) is 60.9 Å². The number of aryl methyl sites for hydroxylation is 1. The number of rotatable bonds is 2. The van der Waals surface area contributed by atoms with Crippen LogP contribution < -0.4 is 0 Å². The van der Waals surface area contributed by atoms with Crippen LogP contribution in [0.15, 0.2) is 24.4 Å². The summed E-state index contributed by atoms with van der Waals surface area (Å²) in [5.41, 5.74) is -0.150. The number of hydrogen-bond donors (Lipinski definition) is 0. The monoisotopic (exact) mass is 418 g/mol. The van der Waals surface area contributed by atoms with Crippen LogP contribution in [0.3, 0.4) is 0 Å². The maximum absolute atomic E-state index is 13.0. The van der Waals surface area contributed by atoms with Crippen LogP contribution in [-0.2, 0) is 13.2 Å². The van der Waals surface area contributed by atoms with Crippen LogP contribution in [0.2, 0.25) is 10.0 Å². The molecule has 1 aromatic carbocycles. The minimum Gasteiger partial charge on any atom is -0.263 e. The van der Waals surface area contributed by atoms with Gasteiger partial charge < -0.3 is 0 Å². The molecule has 0 aliphatic rings. The van der Waals surface area contributed by atoms with Crippen LogP contribution in [0.4, 0.5) is 13.2 Å². The molecule has 0 bridgehead atoms. The third-order valence-corrected chi connectivity index (χ3v) is 5.16. The lowest BCUT2D eigenvalue weighted by Gasteiger charge is -2.08. The van der Waals surface area contributed by atoms with E-state index >= 15 is 0 Å². The van der Waals surface area contributed by atoms with Crippen molar-refractivity contribution in [3.63, 3.8) is 0 Å². The summed E-state index contributed by atoms with van der Waals surface area (Å²) in [6, 6.07) is 3.08. The summed E-state index contributed by atoms with van der Waals surface area (Å²) >= 11 is 13.3. The first kappa shape index (κ1) is 17.3. The molecule has 12 heteroatoms. The Morgan fingerprint density at radius 3 is 2.54 bits per heavy atom. The number of aromatic nitrogens is 6. The Hall–Kier alpha value is -2.17. The fraction of sp³-hybridized carbons (Fsp3) is 0.143. The molecule has 0 radical (unpaired) electrons. The van der Waals surface area contributed by atoms with Crippen molar-refractivity contribution < 1.29 is 13.2 Å². The van der Waals surface area contributed by atoms with Crippen LogP contribution in [-0.4, -0.2) is 29.6 Å². The second kappa shape index (κ2) is 5.93. The largest absolute Gasteiger partial charge is 0.416 e. The lowest BCUT2D eigenvalue weighted by Crippen LogP contribution is -2.04. The Labute approximate surface area is 157 Å². The molecule has 26 heavy (non-hydrogen) atoms.